The Hall–Kier alpha value is -1.45. The van der Waals surface area contributed by atoms with Gasteiger partial charge in [0.2, 0.25) is 0 Å². The zero-order valence-electron chi connectivity index (χ0n) is 11.3. The SMILES string of the molecule is CC1CCCCC1N(C)c1c(F)cc(C=O)cc1F. The molecule has 4 heteroatoms. The molecule has 2 nitrogen and oxygen atoms in total. The van der Waals surface area contributed by atoms with Gasteiger partial charge in [-0.1, -0.05) is 19.8 Å². The van der Waals surface area contributed by atoms with Gasteiger partial charge in [-0.2, -0.15) is 0 Å². The average molecular weight is 267 g/mol. The molecule has 1 fully saturated rings. The number of halogens is 2. The first-order valence-electron chi connectivity index (χ1n) is 6.71. The summed E-state index contributed by atoms with van der Waals surface area (Å²) in [4.78, 5) is 12.3. The van der Waals surface area contributed by atoms with Crippen molar-refractivity contribution >= 4 is 12.0 Å². The lowest BCUT2D eigenvalue weighted by molar-refractivity contribution is 0.112. The second-order valence-electron chi connectivity index (χ2n) is 5.39. The van der Waals surface area contributed by atoms with E-state index in [1.165, 1.54) is 6.42 Å². The first-order chi connectivity index (χ1) is 9.04. The Kier molecular flexibility index (Phi) is 4.17. The van der Waals surface area contributed by atoms with E-state index in [2.05, 4.69) is 6.92 Å². The average Bonchev–Trinajstić information content (AvgIpc) is 2.38. The smallest absolute Gasteiger partial charge is 0.150 e. The Bertz CT molecular complexity index is 452. The Balaban J connectivity index is 2.32. The summed E-state index contributed by atoms with van der Waals surface area (Å²) in [6.45, 7) is 2.12. The predicted molar refractivity (Wildman–Crippen MR) is 71.6 cm³/mol. The van der Waals surface area contributed by atoms with Gasteiger partial charge in [0, 0.05) is 18.7 Å². The fourth-order valence-corrected chi connectivity index (χ4v) is 3.03. The van der Waals surface area contributed by atoms with Gasteiger partial charge in [-0.05, 0) is 30.9 Å². The van der Waals surface area contributed by atoms with Crippen LogP contribution in [-0.4, -0.2) is 19.4 Å². The van der Waals surface area contributed by atoms with Crippen molar-refractivity contribution in [3.8, 4) is 0 Å². The van der Waals surface area contributed by atoms with Crippen LogP contribution in [0.1, 0.15) is 43.0 Å². The molecule has 0 aliphatic heterocycles. The number of hydrogen-bond acceptors (Lipinski definition) is 2. The molecular weight excluding hydrogens is 248 g/mol. The maximum Gasteiger partial charge on any atom is 0.150 e. The van der Waals surface area contributed by atoms with E-state index in [9.17, 15) is 13.6 Å². The Labute approximate surface area is 112 Å². The third-order valence-electron chi connectivity index (χ3n) is 4.09. The molecule has 1 aliphatic rings. The summed E-state index contributed by atoms with van der Waals surface area (Å²) in [5.74, 6) is -0.909. The minimum Gasteiger partial charge on any atom is -0.367 e. The number of aldehydes is 1. The van der Waals surface area contributed by atoms with Crippen LogP contribution in [0.5, 0.6) is 0 Å². The highest BCUT2D eigenvalue weighted by molar-refractivity contribution is 5.76. The van der Waals surface area contributed by atoms with Crippen LogP contribution >= 0.6 is 0 Å². The number of carbonyl (C=O) groups excluding carboxylic acids is 1. The minimum absolute atomic E-state index is 0.0237. The van der Waals surface area contributed by atoms with E-state index in [0.29, 0.717) is 12.2 Å². The third-order valence-corrected chi connectivity index (χ3v) is 4.09. The highest BCUT2D eigenvalue weighted by Crippen LogP contribution is 2.33. The standard InChI is InChI=1S/C15H19F2NO/c1-10-5-3-4-6-14(10)18(2)15-12(16)7-11(9-19)8-13(15)17/h7-10,14H,3-6H2,1-2H3. The Morgan fingerprint density at radius 1 is 1.21 bits per heavy atom. The molecule has 0 aromatic heterocycles. The molecule has 2 rings (SSSR count). The lowest BCUT2D eigenvalue weighted by Crippen LogP contribution is -2.40. The van der Waals surface area contributed by atoms with Gasteiger partial charge in [0.15, 0.2) is 0 Å². The number of nitrogens with zero attached hydrogens (tertiary/aromatic N) is 1. The molecule has 2 atom stereocenters. The molecule has 0 bridgehead atoms. The Morgan fingerprint density at radius 3 is 2.32 bits per heavy atom. The van der Waals surface area contributed by atoms with Gasteiger partial charge in [0.1, 0.15) is 23.6 Å². The molecule has 0 radical (unpaired) electrons. The molecular formula is C15H19F2NO. The summed E-state index contributed by atoms with van der Waals surface area (Å²) in [7, 11) is 1.73. The highest BCUT2D eigenvalue weighted by Gasteiger charge is 2.28. The van der Waals surface area contributed by atoms with Gasteiger partial charge in [-0.15, -0.1) is 0 Å². The van der Waals surface area contributed by atoms with Crippen LogP contribution in [0, 0.1) is 17.6 Å². The van der Waals surface area contributed by atoms with E-state index in [4.69, 9.17) is 0 Å². The highest BCUT2D eigenvalue weighted by atomic mass is 19.1. The second kappa shape index (κ2) is 5.68. The lowest BCUT2D eigenvalue weighted by atomic mass is 9.85. The summed E-state index contributed by atoms with van der Waals surface area (Å²) in [5, 5.41) is 0. The Morgan fingerprint density at radius 2 is 1.79 bits per heavy atom. The third kappa shape index (κ3) is 2.77. The number of carbonyl (C=O) groups is 1. The first-order valence-corrected chi connectivity index (χ1v) is 6.71. The van der Waals surface area contributed by atoms with E-state index < -0.39 is 11.6 Å². The maximum absolute atomic E-state index is 14.0. The van der Waals surface area contributed by atoms with Crippen molar-refractivity contribution in [2.75, 3.05) is 11.9 Å². The van der Waals surface area contributed by atoms with Gasteiger partial charge in [0.25, 0.3) is 0 Å². The zero-order chi connectivity index (χ0) is 14.0. The van der Waals surface area contributed by atoms with Crippen molar-refractivity contribution in [1.29, 1.82) is 0 Å². The summed E-state index contributed by atoms with van der Waals surface area (Å²) in [5.41, 5.74) is 0.00759. The summed E-state index contributed by atoms with van der Waals surface area (Å²) < 4.78 is 28.0. The minimum atomic E-state index is -0.664. The molecule has 19 heavy (non-hydrogen) atoms. The molecule has 1 aliphatic carbocycles. The van der Waals surface area contributed by atoms with E-state index in [0.717, 1.165) is 31.4 Å². The van der Waals surface area contributed by atoms with Crippen molar-refractivity contribution in [2.24, 2.45) is 5.92 Å². The number of hydrogen-bond donors (Lipinski definition) is 0. The van der Waals surface area contributed by atoms with E-state index >= 15 is 0 Å². The first kappa shape index (κ1) is 14.0. The van der Waals surface area contributed by atoms with E-state index in [1.54, 1.807) is 11.9 Å². The number of rotatable bonds is 3. The van der Waals surface area contributed by atoms with Crippen molar-refractivity contribution in [3.63, 3.8) is 0 Å². The van der Waals surface area contributed by atoms with Gasteiger partial charge < -0.3 is 4.90 Å². The fraction of sp³-hybridized carbons (Fsp3) is 0.533. The van der Waals surface area contributed by atoms with Crippen LogP contribution in [0.2, 0.25) is 0 Å². The summed E-state index contributed by atoms with van der Waals surface area (Å²) in [6.07, 6.45) is 4.77. The van der Waals surface area contributed by atoms with Gasteiger partial charge in [0.05, 0.1) is 0 Å². The molecule has 1 saturated carbocycles. The van der Waals surface area contributed by atoms with Crippen molar-refractivity contribution in [1.82, 2.24) is 0 Å². The van der Waals surface area contributed by atoms with Crippen molar-refractivity contribution in [2.45, 2.75) is 38.6 Å². The molecule has 0 heterocycles. The topological polar surface area (TPSA) is 20.3 Å². The monoisotopic (exact) mass is 267 g/mol. The predicted octanol–water partition coefficient (Wildman–Crippen LogP) is 3.79. The fourth-order valence-electron chi connectivity index (χ4n) is 3.03. The molecule has 1 aromatic rings. The quantitative estimate of drug-likeness (QED) is 0.776. The van der Waals surface area contributed by atoms with Crippen LogP contribution in [0.4, 0.5) is 14.5 Å². The van der Waals surface area contributed by atoms with Crippen LogP contribution in [0.15, 0.2) is 12.1 Å². The van der Waals surface area contributed by atoms with Gasteiger partial charge in [-0.3, -0.25) is 4.79 Å². The summed E-state index contributed by atoms with van der Waals surface area (Å²) >= 11 is 0. The van der Waals surface area contributed by atoms with E-state index in [-0.39, 0.29) is 17.3 Å². The van der Waals surface area contributed by atoms with Crippen LogP contribution in [0.3, 0.4) is 0 Å². The zero-order valence-corrected chi connectivity index (χ0v) is 11.3. The van der Waals surface area contributed by atoms with E-state index in [1.807, 2.05) is 0 Å². The molecule has 0 amide bonds. The molecule has 0 N–H and O–H groups in total. The lowest BCUT2D eigenvalue weighted by Gasteiger charge is -2.37. The molecule has 104 valence electrons. The largest absolute Gasteiger partial charge is 0.367 e. The van der Waals surface area contributed by atoms with Crippen LogP contribution in [0.25, 0.3) is 0 Å². The summed E-state index contributed by atoms with van der Waals surface area (Å²) in [6, 6.07) is 2.34. The normalized spacial score (nSPS) is 23.2. The maximum atomic E-state index is 14.0. The van der Waals surface area contributed by atoms with Crippen molar-refractivity contribution in [3.05, 3.63) is 29.3 Å². The van der Waals surface area contributed by atoms with Crippen LogP contribution < -0.4 is 4.90 Å². The number of benzene rings is 1. The van der Waals surface area contributed by atoms with Gasteiger partial charge >= 0.3 is 0 Å². The molecule has 2 unspecified atom stereocenters. The van der Waals surface area contributed by atoms with Gasteiger partial charge in [-0.25, -0.2) is 8.78 Å². The molecule has 1 aromatic carbocycles. The molecule has 0 saturated heterocycles. The second-order valence-corrected chi connectivity index (χ2v) is 5.39. The van der Waals surface area contributed by atoms with Crippen molar-refractivity contribution < 1.29 is 13.6 Å². The molecule has 0 spiro atoms. The number of anilines is 1. The van der Waals surface area contributed by atoms with Crippen LogP contribution in [-0.2, 0) is 0 Å².